The van der Waals surface area contributed by atoms with Crippen LogP contribution in [0, 0.1) is 0 Å². The van der Waals surface area contributed by atoms with E-state index in [4.69, 9.17) is 17.3 Å². The molecule has 0 aliphatic carbocycles. The second kappa shape index (κ2) is 3.70. The SMILES string of the molecule is Nc1ccc(Cl)cc1C(=O)C(F)F. The van der Waals surface area contributed by atoms with Crippen LogP contribution in [0.15, 0.2) is 18.2 Å². The Balaban J connectivity index is 3.13. The summed E-state index contributed by atoms with van der Waals surface area (Å²) in [6.07, 6.45) is -3.05. The normalized spacial score (nSPS) is 10.5. The first-order valence-corrected chi connectivity index (χ1v) is 3.77. The topological polar surface area (TPSA) is 43.1 Å². The molecular weight excluding hydrogens is 200 g/mol. The highest BCUT2D eigenvalue weighted by molar-refractivity contribution is 6.31. The molecule has 0 saturated heterocycles. The van der Waals surface area contributed by atoms with Crippen molar-refractivity contribution in [1.82, 2.24) is 0 Å². The largest absolute Gasteiger partial charge is 0.398 e. The third-order valence-electron chi connectivity index (χ3n) is 1.48. The van der Waals surface area contributed by atoms with Crippen LogP contribution in [0.1, 0.15) is 10.4 Å². The van der Waals surface area contributed by atoms with Crippen LogP contribution in [0.25, 0.3) is 0 Å². The fraction of sp³-hybridized carbons (Fsp3) is 0.125. The van der Waals surface area contributed by atoms with Gasteiger partial charge in [0.2, 0.25) is 5.78 Å². The van der Waals surface area contributed by atoms with E-state index in [9.17, 15) is 13.6 Å². The standard InChI is InChI=1S/C8H6ClF2NO/c9-4-1-2-6(12)5(3-4)7(13)8(10)11/h1-3,8H,12H2. The molecule has 1 aromatic rings. The Kier molecular flexibility index (Phi) is 2.83. The fourth-order valence-corrected chi connectivity index (χ4v) is 1.03. The molecule has 1 aromatic carbocycles. The molecule has 0 bridgehead atoms. The Bertz CT molecular complexity index is 341. The number of nitrogen functional groups attached to an aromatic ring is 1. The summed E-state index contributed by atoms with van der Waals surface area (Å²) in [6, 6.07) is 3.88. The lowest BCUT2D eigenvalue weighted by Crippen LogP contribution is -2.12. The van der Waals surface area contributed by atoms with E-state index in [0.717, 1.165) is 6.07 Å². The van der Waals surface area contributed by atoms with Gasteiger partial charge in [0.1, 0.15) is 0 Å². The Morgan fingerprint density at radius 2 is 2.08 bits per heavy atom. The third kappa shape index (κ3) is 2.15. The van der Waals surface area contributed by atoms with Gasteiger partial charge in [-0.1, -0.05) is 11.6 Å². The van der Waals surface area contributed by atoms with E-state index >= 15 is 0 Å². The lowest BCUT2D eigenvalue weighted by molar-refractivity contribution is 0.0679. The quantitative estimate of drug-likeness (QED) is 0.595. The van der Waals surface area contributed by atoms with Gasteiger partial charge in [0.15, 0.2) is 0 Å². The third-order valence-corrected chi connectivity index (χ3v) is 1.71. The average molecular weight is 206 g/mol. The highest BCUT2D eigenvalue weighted by Gasteiger charge is 2.20. The number of halogens is 3. The van der Waals surface area contributed by atoms with E-state index in [-0.39, 0.29) is 16.3 Å². The van der Waals surface area contributed by atoms with Crippen LogP contribution >= 0.6 is 11.6 Å². The average Bonchev–Trinajstić information content (AvgIpc) is 2.08. The second-order valence-corrected chi connectivity index (χ2v) is 2.83. The van der Waals surface area contributed by atoms with Crippen molar-refractivity contribution in [1.29, 1.82) is 0 Å². The Morgan fingerprint density at radius 1 is 1.46 bits per heavy atom. The minimum atomic E-state index is -3.05. The molecule has 0 spiro atoms. The Hall–Kier alpha value is -1.16. The lowest BCUT2D eigenvalue weighted by atomic mass is 10.1. The van der Waals surface area contributed by atoms with Crippen molar-refractivity contribution in [2.24, 2.45) is 0 Å². The monoisotopic (exact) mass is 205 g/mol. The van der Waals surface area contributed by atoms with E-state index < -0.39 is 12.2 Å². The summed E-state index contributed by atoms with van der Waals surface area (Å²) in [4.78, 5) is 10.8. The first-order valence-electron chi connectivity index (χ1n) is 3.39. The molecule has 1 rings (SSSR count). The molecule has 0 unspecified atom stereocenters. The number of nitrogens with two attached hydrogens (primary N) is 1. The zero-order valence-corrected chi connectivity index (χ0v) is 7.18. The van der Waals surface area contributed by atoms with E-state index in [1.807, 2.05) is 0 Å². The smallest absolute Gasteiger partial charge is 0.300 e. The van der Waals surface area contributed by atoms with Crippen LogP contribution in [-0.2, 0) is 0 Å². The summed E-state index contributed by atoms with van der Waals surface area (Å²) < 4.78 is 24.0. The van der Waals surface area contributed by atoms with Gasteiger partial charge in [0, 0.05) is 16.3 Å². The molecule has 0 saturated carbocycles. The molecule has 2 N–H and O–H groups in total. The molecule has 5 heteroatoms. The van der Waals surface area contributed by atoms with Crippen LogP contribution in [0.4, 0.5) is 14.5 Å². The summed E-state index contributed by atoms with van der Waals surface area (Å²) in [5.74, 6) is -1.31. The number of carbonyl (C=O) groups is 1. The van der Waals surface area contributed by atoms with Crippen molar-refractivity contribution in [3.63, 3.8) is 0 Å². The molecule has 0 atom stereocenters. The van der Waals surface area contributed by atoms with E-state index in [1.54, 1.807) is 0 Å². The number of alkyl halides is 2. The maximum Gasteiger partial charge on any atom is 0.300 e. The minimum absolute atomic E-state index is 0.00898. The van der Waals surface area contributed by atoms with Crippen LogP contribution in [-0.4, -0.2) is 12.2 Å². The van der Waals surface area contributed by atoms with Gasteiger partial charge >= 0.3 is 6.43 Å². The number of carbonyl (C=O) groups excluding carboxylic acids is 1. The maximum atomic E-state index is 12.0. The summed E-state index contributed by atoms with van der Waals surface area (Å²) in [5, 5.41) is 0.207. The summed E-state index contributed by atoms with van der Waals surface area (Å²) >= 11 is 5.51. The predicted octanol–water partition coefficient (Wildman–Crippen LogP) is 2.37. The summed E-state index contributed by atoms with van der Waals surface area (Å²) in [6.45, 7) is 0. The van der Waals surface area contributed by atoms with Crippen LogP contribution in [0.3, 0.4) is 0 Å². The number of anilines is 1. The number of Topliss-reactive ketones (excluding diaryl/α,β-unsaturated/α-hetero) is 1. The van der Waals surface area contributed by atoms with Crippen molar-refractivity contribution >= 4 is 23.1 Å². The predicted molar refractivity (Wildman–Crippen MR) is 46.2 cm³/mol. The van der Waals surface area contributed by atoms with E-state index in [0.29, 0.717) is 0 Å². The maximum absolute atomic E-state index is 12.0. The molecule has 2 nitrogen and oxygen atoms in total. The fourth-order valence-electron chi connectivity index (χ4n) is 0.859. The number of benzene rings is 1. The lowest BCUT2D eigenvalue weighted by Gasteiger charge is -2.03. The molecule has 0 heterocycles. The zero-order valence-electron chi connectivity index (χ0n) is 6.43. The molecule has 0 radical (unpaired) electrons. The van der Waals surface area contributed by atoms with Gasteiger partial charge in [-0.3, -0.25) is 4.79 Å². The van der Waals surface area contributed by atoms with Gasteiger partial charge in [-0.05, 0) is 18.2 Å². The number of hydrogen-bond acceptors (Lipinski definition) is 2. The second-order valence-electron chi connectivity index (χ2n) is 2.40. The van der Waals surface area contributed by atoms with E-state index in [1.165, 1.54) is 12.1 Å². The Morgan fingerprint density at radius 3 is 2.62 bits per heavy atom. The number of hydrogen-bond donors (Lipinski definition) is 1. The number of ketones is 1. The van der Waals surface area contributed by atoms with E-state index in [2.05, 4.69) is 0 Å². The van der Waals surface area contributed by atoms with Gasteiger partial charge in [-0.25, -0.2) is 8.78 Å². The van der Waals surface area contributed by atoms with Gasteiger partial charge in [-0.15, -0.1) is 0 Å². The highest BCUT2D eigenvalue weighted by atomic mass is 35.5. The highest BCUT2D eigenvalue weighted by Crippen LogP contribution is 2.20. The molecule has 0 aliphatic heterocycles. The van der Waals surface area contributed by atoms with Crippen molar-refractivity contribution in [2.45, 2.75) is 6.43 Å². The Labute approximate surface area is 78.3 Å². The first kappa shape index (κ1) is 9.92. The van der Waals surface area contributed by atoms with Crippen molar-refractivity contribution in [3.05, 3.63) is 28.8 Å². The summed E-state index contributed by atoms with van der Waals surface area (Å²) in [7, 11) is 0. The molecule has 13 heavy (non-hydrogen) atoms. The zero-order chi connectivity index (χ0) is 10.0. The molecule has 0 aromatic heterocycles. The molecular formula is C8H6ClF2NO. The molecule has 70 valence electrons. The molecule has 0 aliphatic rings. The van der Waals surface area contributed by atoms with Gasteiger partial charge < -0.3 is 5.73 Å². The van der Waals surface area contributed by atoms with Gasteiger partial charge in [0.25, 0.3) is 0 Å². The molecule has 0 amide bonds. The van der Waals surface area contributed by atoms with Gasteiger partial charge in [0.05, 0.1) is 0 Å². The van der Waals surface area contributed by atoms with Crippen molar-refractivity contribution in [3.8, 4) is 0 Å². The first-order chi connectivity index (χ1) is 6.02. The summed E-state index contributed by atoms with van der Waals surface area (Å²) in [5.41, 5.74) is 5.09. The van der Waals surface area contributed by atoms with Crippen LogP contribution in [0.2, 0.25) is 5.02 Å². The van der Waals surface area contributed by atoms with Crippen molar-refractivity contribution < 1.29 is 13.6 Å². The van der Waals surface area contributed by atoms with Crippen LogP contribution < -0.4 is 5.73 Å². The number of rotatable bonds is 2. The molecule has 0 fully saturated rings. The minimum Gasteiger partial charge on any atom is -0.398 e. The van der Waals surface area contributed by atoms with Crippen molar-refractivity contribution in [2.75, 3.05) is 5.73 Å². The van der Waals surface area contributed by atoms with Gasteiger partial charge in [-0.2, -0.15) is 0 Å². The van der Waals surface area contributed by atoms with Crippen LogP contribution in [0.5, 0.6) is 0 Å².